The zero-order valence-corrected chi connectivity index (χ0v) is 19.4. The van der Waals surface area contributed by atoms with Crippen LogP contribution in [0.4, 0.5) is 4.39 Å². The Bertz CT molecular complexity index is 1360. The van der Waals surface area contributed by atoms with E-state index in [1.807, 2.05) is 32.9 Å². The molecule has 4 aromatic rings. The summed E-state index contributed by atoms with van der Waals surface area (Å²) in [5.74, 6) is 0.216. The Kier molecular flexibility index (Phi) is 5.76. The molecule has 3 aromatic heterocycles. The fourth-order valence-corrected chi connectivity index (χ4v) is 4.37. The summed E-state index contributed by atoms with van der Waals surface area (Å²) in [7, 11) is 0. The van der Waals surface area contributed by atoms with Gasteiger partial charge in [-0.1, -0.05) is 11.6 Å². The minimum Gasteiger partial charge on any atom is -0.373 e. The van der Waals surface area contributed by atoms with Crippen molar-refractivity contribution >= 4 is 22.8 Å². The second-order valence-corrected chi connectivity index (χ2v) is 8.87. The molecule has 1 aliphatic heterocycles. The van der Waals surface area contributed by atoms with Gasteiger partial charge in [0.25, 0.3) is 0 Å². The van der Waals surface area contributed by atoms with Crippen LogP contribution in [0.5, 0.6) is 0 Å². The molecule has 4 heterocycles. The van der Waals surface area contributed by atoms with Crippen LogP contribution in [0.15, 0.2) is 36.5 Å². The van der Waals surface area contributed by atoms with Crippen molar-refractivity contribution in [2.75, 3.05) is 6.61 Å². The van der Waals surface area contributed by atoms with Crippen LogP contribution in [0.3, 0.4) is 0 Å². The van der Waals surface area contributed by atoms with Crippen LogP contribution in [0.2, 0.25) is 5.02 Å². The number of fused-ring (bicyclic) bond motifs is 1. The minimum absolute atomic E-state index is 0.0409. The highest BCUT2D eigenvalue weighted by Gasteiger charge is 2.29. The van der Waals surface area contributed by atoms with Gasteiger partial charge >= 0.3 is 0 Å². The topological polar surface area (TPSA) is 73.7 Å². The van der Waals surface area contributed by atoms with Gasteiger partial charge in [-0.2, -0.15) is 0 Å². The molecule has 33 heavy (non-hydrogen) atoms. The first kappa shape index (κ1) is 21.8. The van der Waals surface area contributed by atoms with Crippen LogP contribution < -0.4 is 0 Å². The minimum atomic E-state index is -0.453. The van der Waals surface area contributed by atoms with E-state index in [2.05, 4.69) is 15.0 Å². The van der Waals surface area contributed by atoms with Crippen LogP contribution in [0.1, 0.15) is 53.3 Å². The standard InChI is InChI=1S/C25H23ClFN5O/c1-13-10-16(6-8-28-13)21-11-17(7-9-33-21)24-31-22(19-5-4-18(26)12-20(19)27)23-25(32-24)30-15(3)14(2)29-23/h4-6,8,10,12,17,21H,7,9,11H2,1-3H3. The van der Waals surface area contributed by atoms with Gasteiger partial charge in [0.2, 0.25) is 0 Å². The molecule has 0 saturated carbocycles. The van der Waals surface area contributed by atoms with Crippen LogP contribution in [0, 0.1) is 26.6 Å². The first-order valence-electron chi connectivity index (χ1n) is 10.9. The third-order valence-electron chi connectivity index (χ3n) is 6.09. The summed E-state index contributed by atoms with van der Waals surface area (Å²) >= 11 is 5.99. The van der Waals surface area contributed by atoms with E-state index in [1.54, 1.807) is 18.3 Å². The molecule has 2 unspecified atom stereocenters. The number of ether oxygens (including phenoxy) is 1. The Morgan fingerprint density at radius 2 is 1.82 bits per heavy atom. The maximum absolute atomic E-state index is 14.9. The third-order valence-corrected chi connectivity index (χ3v) is 6.32. The van der Waals surface area contributed by atoms with E-state index in [4.69, 9.17) is 26.3 Å². The number of benzene rings is 1. The number of rotatable bonds is 3. The van der Waals surface area contributed by atoms with Crippen LogP contribution in [-0.2, 0) is 4.74 Å². The maximum atomic E-state index is 14.9. The Morgan fingerprint density at radius 1 is 1.00 bits per heavy atom. The Morgan fingerprint density at radius 3 is 2.61 bits per heavy atom. The summed E-state index contributed by atoms with van der Waals surface area (Å²) in [5.41, 5.74) is 5.29. The van der Waals surface area contributed by atoms with Gasteiger partial charge in [0.05, 0.1) is 17.5 Å². The maximum Gasteiger partial charge on any atom is 0.182 e. The summed E-state index contributed by atoms with van der Waals surface area (Å²) in [5, 5.41) is 0.327. The molecule has 0 N–H and O–H groups in total. The molecular formula is C25H23ClFN5O. The first-order valence-corrected chi connectivity index (χ1v) is 11.3. The average molecular weight is 464 g/mol. The van der Waals surface area contributed by atoms with Crippen LogP contribution in [0.25, 0.3) is 22.4 Å². The van der Waals surface area contributed by atoms with Gasteiger partial charge in [-0.15, -0.1) is 0 Å². The van der Waals surface area contributed by atoms with Crippen molar-refractivity contribution in [1.82, 2.24) is 24.9 Å². The third kappa shape index (κ3) is 4.30. The lowest BCUT2D eigenvalue weighted by Gasteiger charge is -2.29. The lowest BCUT2D eigenvalue weighted by molar-refractivity contribution is 0.00393. The second-order valence-electron chi connectivity index (χ2n) is 8.43. The van der Waals surface area contributed by atoms with Crippen LogP contribution >= 0.6 is 11.6 Å². The molecule has 2 atom stereocenters. The molecule has 1 aromatic carbocycles. The molecule has 1 aliphatic rings. The van der Waals surface area contributed by atoms with E-state index >= 15 is 0 Å². The zero-order valence-electron chi connectivity index (χ0n) is 18.6. The Hall–Kier alpha value is -3.03. The largest absolute Gasteiger partial charge is 0.373 e. The highest BCUT2D eigenvalue weighted by Crippen LogP contribution is 2.38. The molecule has 0 radical (unpaired) electrons. The van der Waals surface area contributed by atoms with E-state index in [9.17, 15) is 4.39 Å². The fraction of sp³-hybridized carbons (Fsp3) is 0.320. The van der Waals surface area contributed by atoms with Crippen molar-refractivity contribution in [1.29, 1.82) is 0 Å². The second kappa shape index (κ2) is 8.72. The number of hydrogen-bond acceptors (Lipinski definition) is 6. The van der Waals surface area contributed by atoms with Crippen molar-refractivity contribution in [3.63, 3.8) is 0 Å². The monoisotopic (exact) mass is 463 g/mol. The van der Waals surface area contributed by atoms with E-state index in [-0.39, 0.29) is 12.0 Å². The van der Waals surface area contributed by atoms with E-state index < -0.39 is 5.82 Å². The number of aryl methyl sites for hydroxylation is 3. The number of pyridine rings is 1. The van der Waals surface area contributed by atoms with Gasteiger partial charge in [-0.05, 0) is 69.5 Å². The highest BCUT2D eigenvalue weighted by atomic mass is 35.5. The smallest absolute Gasteiger partial charge is 0.182 e. The molecule has 0 aliphatic carbocycles. The normalized spacial score (nSPS) is 18.6. The molecule has 1 fully saturated rings. The molecule has 5 rings (SSSR count). The summed E-state index contributed by atoms with van der Waals surface area (Å²) in [6, 6.07) is 8.59. The van der Waals surface area contributed by atoms with E-state index in [0.717, 1.165) is 35.5 Å². The van der Waals surface area contributed by atoms with E-state index in [1.165, 1.54) is 6.07 Å². The van der Waals surface area contributed by atoms with Gasteiger partial charge < -0.3 is 4.74 Å². The molecule has 0 bridgehead atoms. The van der Waals surface area contributed by atoms with Crippen molar-refractivity contribution < 1.29 is 9.13 Å². The van der Waals surface area contributed by atoms with Gasteiger partial charge in [-0.25, -0.2) is 24.3 Å². The summed E-state index contributed by atoms with van der Waals surface area (Å²) in [6.45, 7) is 6.31. The zero-order chi connectivity index (χ0) is 23.1. The molecule has 1 saturated heterocycles. The molecule has 6 nitrogen and oxygen atoms in total. The molecular weight excluding hydrogens is 441 g/mol. The molecule has 0 spiro atoms. The predicted octanol–water partition coefficient (Wildman–Crippen LogP) is 5.83. The van der Waals surface area contributed by atoms with Crippen LogP contribution in [-0.4, -0.2) is 31.5 Å². The van der Waals surface area contributed by atoms with Crippen molar-refractivity contribution in [3.05, 3.63) is 75.8 Å². The molecule has 168 valence electrons. The summed E-state index contributed by atoms with van der Waals surface area (Å²) in [6.07, 6.45) is 3.21. The predicted molar refractivity (Wildman–Crippen MR) is 125 cm³/mol. The molecule has 8 heteroatoms. The Balaban J connectivity index is 1.62. The van der Waals surface area contributed by atoms with Crippen molar-refractivity contribution in [2.24, 2.45) is 0 Å². The highest BCUT2D eigenvalue weighted by molar-refractivity contribution is 6.30. The molecule has 0 amide bonds. The Labute approximate surface area is 196 Å². The van der Waals surface area contributed by atoms with Gasteiger partial charge in [0.1, 0.15) is 22.9 Å². The lowest BCUT2D eigenvalue weighted by Crippen LogP contribution is -2.21. The van der Waals surface area contributed by atoms with Crippen molar-refractivity contribution in [2.45, 2.75) is 45.6 Å². The van der Waals surface area contributed by atoms with E-state index in [0.29, 0.717) is 39.9 Å². The van der Waals surface area contributed by atoms with Gasteiger partial charge in [0, 0.05) is 35.0 Å². The number of aromatic nitrogens is 5. The quantitative estimate of drug-likeness (QED) is 0.380. The summed E-state index contributed by atoms with van der Waals surface area (Å²) < 4.78 is 21.0. The van der Waals surface area contributed by atoms with Gasteiger partial charge in [-0.3, -0.25) is 4.98 Å². The van der Waals surface area contributed by atoms with Crippen molar-refractivity contribution in [3.8, 4) is 11.3 Å². The number of nitrogens with zero attached hydrogens (tertiary/aromatic N) is 5. The first-order chi connectivity index (χ1) is 15.9. The summed E-state index contributed by atoms with van der Waals surface area (Å²) in [4.78, 5) is 23.2. The average Bonchev–Trinajstić information content (AvgIpc) is 2.80. The fourth-order valence-electron chi connectivity index (χ4n) is 4.21. The SMILES string of the molecule is Cc1cc(C2CC(c3nc(-c4ccc(Cl)cc4F)c4nc(C)c(C)nc4n3)CCO2)ccn1. The number of halogens is 2. The van der Waals surface area contributed by atoms with Gasteiger partial charge in [0.15, 0.2) is 5.65 Å². The number of hydrogen-bond donors (Lipinski definition) is 0. The lowest BCUT2D eigenvalue weighted by atomic mass is 9.91.